The van der Waals surface area contributed by atoms with Crippen LogP contribution in [0.3, 0.4) is 0 Å². The number of hydrogen-bond donors (Lipinski definition) is 3. The van der Waals surface area contributed by atoms with Gasteiger partial charge in [0.1, 0.15) is 17.8 Å². The van der Waals surface area contributed by atoms with Crippen LogP contribution in [-0.4, -0.2) is 26.7 Å². The molecule has 0 aromatic carbocycles. The number of fused-ring (bicyclic) bond motifs is 1. The van der Waals surface area contributed by atoms with Crippen LogP contribution in [0.4, 0.5) is 5.82 Å². The first kappa shape index (κ1) is 13.1. The van der Waals surface area contributed by atoms with Crippen molar-refractivity contribution in [1.82, 2.24) is 15.0 Å². The Morgan fingerprint density at radius 3 is 3.05 bits per heavy atom. The normalized spacial score (nSPS) is 12.7. The summed E-state index contributed by atoms with van der Waals surface area (Å²) in [4.78, 5) is 11.7. The molecule has 0 spiro atoms. The highest BCUT2D eigenvalue weighted by Crippen LogP contribution is 2.27. The molecule has 1 atom stereocenters. The topological polar surface area (TPSA) is 73.8 Å². The van der Waals surface area contributed by atoms with E-state index in [1.54, 1.807) is 11.3 Å². The van der Waals surface area contributed by atoms with Crippen LogP contribution in [0.5, 0.6) is 0 Å². The zero-order valence-electron chi connectivity index (χ0n) is 11.1. The van der Waals surface area contributed by atoms with Crippen LogP contribution in [0, 0.1) is 0 Å². The van der Waals surface area contributed by atoms with Crippen molar-refractivity contribution in [3.63, 3.8) is 0 Å². The van der Waals surface area contributed by atoms with Crippen molar-refractivity contribution < 1.29 is 5.11 Å². The van der Waals surface area contributed by atoms with Gasteiger partial charge < -0.3 is 15.4 Å². The lowest BCUT2D eigenvalue weighted by atomic mass is 10.1. The fourth-order valence-corrected chi connectivity index (χ4v) is 3.00. The fourth-order valence-electron chi connectivity index (χ4n) is 2.29. The van der Waals surface area contributed by atoms with Gasteiger partial charge in [0.25, 0.3) is 0 Å². The molecule has 0 aliphatic heterocycles. The second kappa shape index (κ2) is 5.60. The van der Waals surface area contributed by atoms with Crippen molar-refractivity contribution in [3.05, 3.63) is 40.5 Å². The van der Waals surface area contributed by atoms with Gasteiger partial charge in [-0.15, -0.1) is 0 Å². The Balaban J connectivity index is 1.99. The maximum absolute atomic E-state index is 9.60. The second-order valence-corrected chi connectivity index (χ2v) is 5.33. The lowest BCUT2D eigenvalue weighted by Gasteiger charge is -2.16. The quantitative estimate of drug-likeness (QED) is 0.675. The number of hydrogen-bond acceptors (Lipinski definition) is 5. The summed E-state index contributed by atoms with van der Waals surface area (Å²) >= 11 is 1.62. The minimum atomic E-state index is -0.154. The van der Waals surface area contributed by atoms with E-state index in [0.29, 0.717) is 0 Å². The van der Waals surface area contributed by atoms with E-state index in [1.807, 2.05) is 23.0 Å². The summed E-state index contributed by atoms with van der Waals surface area (Å²) in [6.45, 7) is 2.12. The van der Waals surface area contributed by atoms with Gasteiger partial charge in [-0.1, -0.05) is 6.92 Å². The van der Waals surface area contributed by atoms with Crippen molar-refractivity contribution in [2.24, 2.45) is 0 Å². The number of rotatable bonds is 5. The van der Waals surface area contributed by atoms with E-state index < -0.39 is 0 Å². The number of aromatic amines is 1. The van der Waals surface area contributed by atoms with E-state index in [1.165, 1.54) is 11.9 Å². The minimum Gasteiger partial charge on any atom is -0.394 e. The summed E-state index contributed by atoms with van der Waals surface area (Å²) in [5.74, 6) is 0.762. The number of nitrogens with one attached hydrogen (secondary N) is 2. The molecule has 3 N–H and O–H groups in total. The van der Waals surface area contributed by atoms with Crippen molar-refractivity contribution in [3.8, 4) is 0 Å². The molecule has 0 amide bonds. The van der Waals surface area contributed by atoms with Crippen LogP contribution >= 0.6 is 11.3 Å². The van der Waals surface area contributed by atoms with Crippen molar-refractivity contribution in [2.45, 2.75) is 19.4 Å². The number of thiophene rings is 1. The minimum absolute atomic E-state index is 0.0219. The average Bonchev–Trinajstić information content (AvgIpc) is 3.13. The lowest BCUT2D eigenvalue weighted by molar-refractivity contribution is 0.276. The Labute approximate surface area is 120 Å². The van der Waals surface area contributed by atoms with Gasteiger partial charge in [0.15, 0.2) is 0 Å². The molecule has 6 heteroatoms. The molecule has 5 nitrogen and oxygen atoms in total. The third-order valence-electron chi connectivity index (χ3n) is 3.37. The predicted octanol–water partition coefficient (Wildman–Crippen LogP) is 2.73. The summed E-state index contributed by atoms with van der Waals surface area (Å²) in [5.41, 5.74) is 3.06. The van der Waals surface area contributed by atoms with Crippen LogP contribution in [0.1, 0.15) is 24.1 Å². The molecule has 3 heterocycles. The zero-order valence-corrected chi connectivity index (χ0v) is 11.9. The number of anilines is 1. The van der Waals surface area contributed by atoms with Crippen LogP contribution in [0.2, 0.25) is 0 Å². The molecule has 0 saturated carbocycles. The van der Waals surface area contributed by atoms with Gasteiger partial charge in [-0.25, -0.2) is 9.97 Å². The molecule has 3 rings (SSSR count). The standard InChI is InChI=1S/C14H16N4OS/c1-2-9-5-15-13-12(9)14(17-8-16-13)18-11(6-19)10-3-4-20-7-10/h3-5,7-8,11,19H,2,6H2,1H3,(H2,15,16,17,18). The first-order valence-electron chi connectivity index (χ1n) is 6.54. The van der Waals surface area contributed by atoms with Gasteiger partial charge in [-0.3, -0.25) is 0 Å². The molecule has 0 radical (unpaired) electrons. The van der Waals surface area contributed by atoms with E-state index in [2.05, 4.69) is 27.2 Å². The van der Waals surface area contributed by atoms with Crippen LogP contribution in [0.15, 0.2) is 29.4 Å². The SMILES string of the molecule is CCc1c[nH]c2ncnc(NC(CO)c3ccsc3)c12. The lowest BCUT2D eigenvalue weighted by Crippen LogP contribution is -2.15. The van der Waals surface area contributed by atoms with E-state index in [9.17, 15) is 5.11 Å². The van der Waals surface area contributed by atoms with Crippen molar-refractivity contribution >= 4 is 28.2 Å². The van der Waals surface area contributed by atoms with Gasteiger partial charge in [-0.2, -0.15) is 11.3 Å². The molecule has 0 aliphatic carbocycles. The number of aliphatic hydroxyl groups is 1. The van der Waals surface area contributed by atoms with Gasteiger partial charge in [0, 0.05) is 6.20 Å². The molecule has 0 aliphatic rings. The Morgan fingerprint density at radius 2 is 2.35 bits per heavy atom. The summed E-state index contributed by atoms with van der Waals surface area (Å²) in [5, 5.41) is 18.0. The molecule has 0 saturated heterocycles. The largest absolute Gasteiger partial charge is 0.394 e. The molecule has 0 fully saturated rings. The Hall–Kier alpha value is -1.92. The predicted molar refractivity (Wildman–Crippen MR) is 81.0 cm³/mol. The highest BCUT2D eigenvalue weighted by Gasteiger charge is 2.15. The summed E-state index contributed by atoms with van der Waals surface area (Å²) in [6.07, 6.45) is 4.40. The monoisotopic (exact) mass is 288 g/mol. The molecule has 20 heavy (non-hydrogen) atoms. The zero-order chi connectivity index (χ0) is 13.9. The van der Waals surface area contributed by atoms with Crippen molar-refractivity contribution in [1.29, 1.82) is 0 Å². The summed E-state index contributed by atoms with van der Waals surface area (Å²) in [7, 11) is 0. The first-order valence-corrected chi connectivity index (χ1v) is 7.48. The molecular formula is C14H16N4OS. The van der Waals surface area contributed by atoms with Gasteiger partial charge in [0.05, 0.1) is 18.0 Å². The van der Waals surface area contributed by atoms with E-state index in [4.69, 9.17) is 0 Å². The number of aromatic nitrogens is 3. The number of aryl methyl sites for hydroxylation is 1. The van der Waals surface area contributed by atoms with E-state index >= 15 is 0 Å². The summed E-state index contributed by atoms with van der Waals surface area (Å²) < 4.78 is 0. The Kier molecular flexibility index (Phi) is 3.66. The van der Waals surface area contributed by atoms with Crippen LogP contribution < -0.4 is 5.32 Å². The van der Waals surface area contributed by atoms with Gasteiger partial charge in [0.2, 0.25) is 0 Å². The van der Waals surface area contributed by atoms with E-state index in [-0.39, 0.29) is 12.6 Å². The number of H-pyrrole nitrogens is 1. The van der Waals surface area contributed by atoms with Gasteiger partial charge in [-0.05, 0) is 34.4 Å². The highest BCUT2D eigenvalue weighted by atomic mass is 32.1. The maximum Gasteiger partial charge on any atom is 0.143 e. The smallest absolute Gasteiger partial charge is 0.143 e. The molecular weight excluding hydrogens is 272 g/mol. The number of nitrogens with zero attached hydrogens (tertiary/aromatic N) is 2. The molecule has 1 unspecified atom stereocenters. The first-order chi connectivity index (χ1) is 9.83. The maximum atomic E-state index is 9.60. The van der Waals surface area contributed by atoms with E-state index in [0.717, 1.165) is 28.8 Å². The Morgan fingerprint density at radius 1 is 1.45 bits per heavy atom. The third kappa shape index (κ3) is 2.28. The summed E-state index contributed by atoms with van der Waals surface area (Å²) in [6, 6.07) is 1.85. The third-order valence-corrected chi connectivity index (χ3v) is 4.07. The van der Waals surface area contributed by atoms with Crippen molar-refractivity contribution in [2.75, 3.05) is 11.9 Å². The molecule has 3 aromatic rings. The number of aliphatic hydroxyl groups excluding tert-OH is 1. The Bertz CT molecular complexity index is 692. The highest BCUT2D eigenvalue weighted by molar-refractivity contribution is 7.08. The molecule has 3 aromatic heterocycles. The second-order valence-electron chi connectivity index (χ2n) is 4.55. The van der Waals surface area contributed by atoms with Gasteiger partial charge >= 0.3 is 0 Å². The van der Waals surface area contributed by atoms with Crippen LogP contribution in [0.25, 0.3) is 11.0 Å². The van der Waals surface area contributed by atoms with Crippen LogP contribution in [-0.2, 0) is 6.42 Å². The average molecular weight is 288 g/mol. The molecule has 104 valence electrons. The molecule has 0 bridgehead atoms. The fraction of sp³-hybridized carbons (Fsp3) is 0.286.